The first-order chi connectivity index (χ1) is 9.23. The molecule has 1 amide bonds. The van der Waals surface area contributed by atoms with E-state index in [1.807, 2.05) is 0 Å². The van der Waals surface area contributed by atoms with Gasteiger partial charge in [-0.05, 0) is 28.1 Å². The Kier molecular flexibility index (Phi) is 5.49. The summed E-state index contributed by atoms with van der Waals surface area (Å²) < 4.78 is 39.1. The summed E-state index contributed by atoms with van der Waals surface area (Å²) in [6, 6.07) is 2.01. The quantitative estimate of drug-likeness (QED) is 0.757. The standard InChI is InChI=1S/C11H15BrFN3O3S/c1-3-16(6-11(17)15-2)20(18,19)10-4-7(12)8(13)5-9(10)14/h4-5H,3,6,14H2,1-2H3,(H,15,17). The van der Waals surface area contributed by atoms with Gasteiger partial charge in [-0.15, -0.1) is 0 Å². The highest BCUT2D eigenvalue weighted by Gasteiger charge is 2.27. The van der Waals surface area contributed by atoms with Crippen molar-refractivity contribution in [3.63, 3.8) is 0 Å². The molecule has 0 aromatic heterocycles. The van der Waals surface area contributed by atoms with Crippen LogP contribution in [0.1, 0.15) is 6.92 Å². The summed E-state index contributed by atoms with van der Waals surface area (Å²) in [5.41, 5.74) is 5.36. The number of rotatable bonds is 5. The van der Waals surface area contributed by atoms with Crippen LogP contribution < -0.4 is 11.1 Å². The average Bonchev–Trinajstić information content (AvgIpc) is 2.39. The van der Waals surface area contributed by atoms with Crippen molar-refractivity contribution in [3.8, 4) is 0 Å². The Labute approximate surface area is 125 Å². The number of benzene rings is 1. The minimum atomic E-state index is -3.98. The summed E-state index contributed by atoms with van der Waals surface area (Å²) in [7, 11) is -2.57. The van der Waals surface area contributed by atoms with Gasteiger partial charge in [0.2, 0.25) is 15.9 Å². The summed E-state index contributed by atoms with van der Waals surface area (Å²) >= 11 is 2.92. The first kappa shape index (κ1) is 16.9. The van der Waals surface area contributed by atoms with Crippen LogP contribution in [0.3, 0.4) is 0 Å². The molecule has 1 aromatic carbocycles. The van der Waals surface area contributed by atoms with Crippen molar-refractivity contribution in [3.05, 3.63) is 22.4 Å². The fraction of sp³-hybridized carbons (Fsp3) is 0.364. The summed E-state index contributed by atoms with van der Waals surface area (Å²) in [5.74, 6) is -1.11. The molecule has 0 aliphatic heterocycles. The zero-order chi connectivity index (χ0) is 15.5. The Balaban J connectivity index is 3.27. The zero-order valence-electron chi connectivity index (χ0n) is 11.0. The van der Waals surface area contributed by atoms with E-state index in [0.717, 1.165) is 16.4 Å². The van der Waals surface area contributed by atoms with Crippen molar-refractivity contribution >= 4 is 37.5 Å². The second-order valence-electron chi connectivity index (χ2n) is 3.91. The van der Waals surface area contributed by atoms with Crippen LogP contribution in [-0.2, 0) is 14.8 Å². The maximum Gasteiger partial charge on any atom is 0.245 e. The molecule has 0 spiro atoms. The second-order valence-corrected chi connectivity index (χ2v) is 6.67. The van der Waals surface area contributed by atoms with Crippen molar-refractivity contribution in [2.45, 2.75) is 11.8 Å². The van der Waals surface area contributed by atoms with Crippen LogP contribution in [0.4, 0.5) is 10.1 Å². The Hall–Kier alpha value is -1.19. The lowest BCUT2D eigenvalue weighted by molar-refractivity contribution is -0.120. The summed E-state index contributed by atoms with van der Waals surface area (Å²) in [6.07, 6.45) is 0. The van der Waals surface area contributed by atoms with Gasteiger partial charge in [-0.1, -0.05) is 6.92 Å². The number of nitrogens with zero attached hydrogens (tertiary/aromatic N) is 1. The summed E-state index contributed by atoms with van der Waals surface area (Å²) in [5, 5.41) is 2.34. The molecule has 0 fully saturated rings. The Morgan fingerprint density at radius 1 is 1.50 bits per heavy atom. The molecule has 9 heteroatoms. The Morgan fingerprint density at radius 2 is 2.10 bits per heavy atom. The highest BCUT2D eigenvalue weighted by atomic mass is 79.9. The second kappa shape index (κ2) is 6.51. The van der Waals surface area contributed by atoms with Crippen molar-refractivity contribution < 1.29 is 17.6 Å². The van der Waals surface area contributed by atoms with Gasteiger partial charge in [0.25, 0.3) is 0 Å². The largest absolute Gasteiger partial charge is 0.398 e. The molecule has 0 aliphatic rings. The first-order valence-corrected chi connectivity index (χ1v) is 7.92. The number of nitrogens with one attached hydrogen (secondary N) is 1. The number of nitrogen functional groups attached to an aromatic ring is 1. The van der Waals surface area contributed by atoms with Crippen molar-refractivity contribution in [1.82, 2.24) is 9.62 Å². The predicted octanol–water partition coefficient (Wildman–Crippen LogP) is 0.927. The van der Waals surface area contributed by atoms with Gasteiger partial charge in [-0.2, -0.15) is 4.31 Å². The van der Waals surface area contributed by atoms with Crippen LogP contribution in [0, 0.1) is 5.82 Å². The Bertz CT molecular complexity index is 622. The topological polar surface area (TPSA) is 92.5 Å². The number of carbonyl (C=O) groups excluding carboxylic acids is 1. The molecule has 0 atom stereocenters. The third-order valence-corrected chi connectivity index (χ3v) is 5.21. The molecule has 0 bridgehead atoms. The van der Waals surface area contributed by atoms with Crippen LogP contribution >= 0.6 is 15.9 Å². The zero-order valence-corrected chi connectivity index (χ0v) is 13.4. The van der Waals surface area contributed by atoms with Gasteiger partial charge in [0, 0.05) is 13.6 Å². The number of halogens is 2. The Morgan fingerprint density at radius 3 is 2.60 bits per heavy atom. The van der Waals surface area contributed by atoms with E-state index in [1.54, 1.807) is 6.92 Å². The molecule has 0 aliphatic carbocycles. The van der Waals surface area contributed by atoms with Gasteiger partial charge in [-0.3, -0.25) is 4.79 Å². The number of hydrogen-bond acceptors (Lipinski definition) is 4. The van der Waals surface area contributed by atoms with E-state index in [-0.39, 0.29) is 28.1 Å². The van der Waals surface area contributed by atoms with Gasteiger partial charge in [0.1, 0.15) is 10.7 Å². The van der Waals surface area contributed by atoms with Gasteiger partial charge in [-0.25, -0.2) is 12.8 Å². The highest BCUT2D eigenvalue weighted by Crippen LogP contribution is 2.28. The monoisotopic (exact) mass is 367 g/mol. The molecule has 0 unspecified atom stereocenters. The number of likely N-dealkylation sites (N-methyl/N-ethyl adjacent to an activating group) is 2. The van der Waals surface area contributed by atoms with Crippen LogP contribution in [0.2, 0.25) is 0 Å². The maximum atomic E-state index is 13.3. The number of nitrogens with two attached hydrogens (primary N) is 1. The fourth-order valence-corrected chi connectivity index (χ4v) is 3.54. The molecule has 0 radical (unpaired) electrons. The van der Waals surface area contributed by atoms with Crippen LogP contribution in [0.15, 0.2) is 21.5 Å². The van der Waals surface area contributed by atoms with Crippen molar-refractivity contribution in [1.29, 1.82) is 0 Å². The van der Waals surface area contributed by atoms with Crippen LogP contribution in [0.5, 0.6) is 0 Å². The van der Waals surface area contributed by atoms with Gasteiger partial charge in [0.15, 0.2) is 0 Å². The predicted molar refractivity (Wildman–Crippen MR) is 77.0 cm³/mol. The van der Waals surface area contributed by atoms with Gasteiger partial charge >= 0.3 is 0 Å². The number of amides is 1. The molecule has 1 aromatic rings. The minimum Gasteiger partial charge on any atom is -0.398 e. The van der Waals surface area contributed by atoms with E-state index in [4.69, 9.17) is 5.73 Å². The van der Waals surface area contributed by atoms with Crippen molar-refractivity contribution in [2.75, 3.05) is 25.9 Å². The minimum absolute atomic E-state index is 0.0127. The third kappa shape index (κ3) is 3.47. The van der Waals surface area contributed by atoms with E-state index in [2.05, 4.69) is 21.2 Å². The average molecular weight is 368 g/mol. The lowest BCUT2D eigenvalue weighted by atomic mass is 10.3. The van der Waals surface area contributed by atoms with Gasteiger partial charge in [0.05, 0.1) is 16.7 Å². The SMILES string of the molecule is CCN(CC(=O)NC)S(=O)(=O)c1cc(Br)c(F)cc1N. The fourth-order valence-electron chi connectivity index (χ4n) is 1.51. The number of hydrogen-bond donors (Lipinski definition) is 2. The molecule has 0 saturated carbocycles. The molecule has 20 heavy (non-hydrogen) atoms. The van der Waals surface area contributed by atoms with Gasteiger partial charge < -0.3 is 11.1 Å². The highest BCUT2D eigenvalue weighted by molar-refractivity contribution is 9.10. The third-order valence-electron chi connectivity index (χ3n) is 2.62. The number of anilines is 1. The normalized spacial score (nSPS) is 11.7. The first-order valence-electron chi connectivity index (χ1n) is 5.69. The lowest BCUT2D eigenvalue weighted by Crippen LogP contribution is -2.39. The maximum absolute atomic E-state index is 13.3. The summed E-state index contributed by atoms with van der Waals surface area (Å²) in [4.78, 5) is 11.1. The molecular formula is C11H15BrFN3O3S. The van der Waals surface area contributed by atoms with Crippen molar-refractivity contribution in [2.24, 2.45) is 0 Å². The molecule has 3 N–H and O–H groups in total. The van der Waals surface area contributed by atoms with E-state index >= 15 is 0 Å². The van der Waals surface area contributed by atoms with E-state index in [1.165, 1.54) is 7.05 Å². The van der Waals surface area contributed by atoms with Crippen LogP contribution in [0.25, 0.3) is 0 Å². The van der Waals surface area contributed by atoms with E-state index in [0.29, 0.717) is 0 Å². The molecule has 112 valence electrons. The number of carbonyl (C=O) groups is 1. The lowest BCUT2D eigenvalue weighted by Gasteiger charge is -2.20. The molecule has 0 heterocycles. The summed E-state index contributed by atoms with van der Waals surface area (Å²) in [6.45, 7) is 1.35. The smallest absolute Gasteiger partial charge is 0.245 e. The van der Waals surface area contributed by atoms with Crippen LogP contribution in [-0.4, -0.2) is 38.8 Å². The number of sulfonamides is 1. The molecule has 1 rings (SSSR count). The molecule has 0 saturated heterocycles. The molecular weight excluding hydrogens is 353 g/mol. The molecule has 6 nitrogen and oxygen atoms in total. The van der Waals surface area contributed by atoms with E-state index < -0.39 is 21.7 Å². The van der Waals surface area contributed by atoms with E-state index in [9.17, 15) is 17.6 Å².